The lowest BCUT2D eigenvalue weighted by Crippen LogP contribution is -2.30. The predicted molar refractivity (Wildman–Crippen MR) is 92.4 cm³/mol. The number of nitrogens with zero attached hydrogens (tertiary/aromatic N) is 1. The van der Waals surface area contributed by atoms with Crippen LogP contribution in [0.2, 0.25) is 0 Å². The topological polar surface area (TPSA) is 61.4 Å². The summed E-state index contributed by atoms with van der Waals surface area (Å²) in [6.07, 6.45) is 0.812. The first-order valence-electron chi connectivity index (χ1n) is 7.09. The third-order valence-corrected chi connectivity index (χ3v) is 6.90. The van der Waals surface area contributed by atoms with Gasteiger partial charge in [0.15, 0.2) is 0 Å². The molecule has 0 atom stereocenters. The van der Waals surface area contributed by atoms with Crippen LogP contribution in [0.15, 0.2) is 14.7 Å². The standard InChI is InChI=1S/C13H24BrN3O2S2/c1-4-17(5-2)8-6-7-16-21(18,19)12-9-11(10-15-3)20-13(12)14/h9,15-16H,4-8,10H2,1-3H3. The Morgan fingerprint density at radius 2 is 2.00 bits per heavy atom. The minimum Gasteiger partial charge on any atom is -0.315 e. The van der Waals surface area contributed by atoms with Crippen LogP contribution in [0.3, 0.4) is 0 Å². The van der Waals surface area contributed by atoms with E-state index in [1.165, 1.54) is 11.3 Å². The molecule has 0 bridgehead atoms. The van der Waals surface area contributed by atoms with Gasteiger partial charge in [0.1, 0.15) is 4.90 Å². The molecule has 0 aromatic carbocycles. The largest absolute Gasteiger partial charge is 0.315 e. The van der Waals surface area contributed by atoms with E-state index >= 15 is 0 Å². The molecular weight excluding hydrogens is 374 g/mol. The molecule has 0 saturated carbocycles. The third-order valence-electron chi connectivity index (χ3n) is 3.18. The van der Waals surface area contributed by atoms with Crippen LogP contribution in [0, 0.1) is 0 Å². The van der Waals surface area contributed by atoms with Crippen LogP contribution in [0.25, 0.3) is 0 Å². The molecule has 21 heavy (non-hydrogen) atoms. The fraction of sp³-hybridized carbons (Fsp3) is 0.692. The van der Waals surface area contributed by atoms with Crippen LogP contribution < -0.4 is 10.0 Å². The highest BCUT2D eigenvalue weighted by Gasteiger charge is 2.20. The molecule has 0 aliphatic heterocycles. The summed E-state index contributed by atoms with van der Waals surface area (Å²) in [6, 6.07) is 1.72. The summed E-state index contributed by atoms with van der Waals surface area (Å²) in [6.45, 7) is 8.24. The molecule has 1 aromatic rings. The number of nitrogens with one attached hydrogen (secondary N) is 2. The van der Waals surface area contributed by atoms with E-state index in [0.717, 1.165) is 30.9 Å². The summed E-state index contributed by atoms with van der Waals surface area (Å²) in [5.41, 5.74) is 0. The Labute approximate surface area is 140 Å². The number of thiophene rings is 1. The van der Waals surface area contributed by atoms with Gasteiger partial charge in [0.05, 0.1) is 3.79 Å². The molecule has 0 radical (unpaired) electrons. The molecular formula is C13H24BrN3O2S2. The van der Waals surface area contributed by atoms with Crippen molar-refractivity contribution in [2.24, 2.45) is 0 Å². The van der Waals surface area contributed by atoms with E-state index in [2.05, 4.69) is 44.7 Å². The lowest BCUT2D eigenvalue weighted by molar-refractivity contribution is 0.300. The highest BCUT2D eigenvalue weighted by Crippen LogP contribution is 2.31. The van der Waals surface area contributed by atoms with E-state index in [0.29, 0.717) is 21.8 Å². The minimum atomic E-state index is -3.43. The fourth-order valence-corrected chi connectivity index (χ4v) is 5.74. The molecule has 5 nitrogen and oxygen atoms in total. The zero-order valence-corrected chi connectivity index (χ0v) is 16.0. The van der Waals surface area contributed by atoms with Crippen molar-refractivity contribution in [1.82, 2.24) is 14.9 Å². The van der Waals surface area contributed by atoms with Gasteiger partial charge in [-0.2, -0.15) is 0 Å². The van der Waals surface area contributed by atoms with Crippen molar-refractivity contribution in [2.45, 2.75) is 31.7 Å². The van der Waals surface area contributed by atoms with E-state index in [-0.39, 0.29) is 0 Å². The van der Waals surface area contributed by atoms with Gasteiger partial charge >= 0.3 is 0 Å². The average molecular weight is 398 g/mol. The lowest BCUT2D eigenvalue weighted by atomic mass is 10.4. The van der Waals surface area contributed by atoms with Gasteiger partial charge in [-0.05, 0) is 55.1 Å². The Bertz CT molecular complexity index is 528. The minimum absolute atomic E-state index is 0.334. The Morgan fingerprint density at radius 1 is 1.33 bits per heavy atom. The summed E-state index contributed by atoms with van der Waals surface area (Å²) < 4.78 is 27.9. The highest BCUT2D eigenvalue weighted by molar-refractivity contribution is 9.11. The first-order valence-corrected chi connectivity index (χ1v) is 10.2. The maximum atomic E-state index is 12.3. The summed E-state index contributed by atoms with van der Waals surface area (Å²) in [5, 5.41) is 3.02. The van der Waals surface area contributed by atoms with Crippen LogP contribution in [0.1, 0.15) is 25.1 Å². The second-order valence-corrected chi connectivity index (χ2v) is 8.85. The monoisotopic (exact) mass is 397 g/mol. The van der Waals surface area contributed by atoms with Crippen molar-refractivity contribution in [2.75, 3.05) is 33.2 Å². The summed E-state index contributed by atoms with van der Waals surface area (Å²) in [5.74, 6) is 0. The van der Waals surface area contributed by atoms with Gasteiger partial charge in [-0.25, -0.2) is 13.1 Å². The first kappa shape index (κ1) is 19.1. The van der Waals surface area contributed by atoms with E-state index in [4.69, 9.17) is 0 Å². The highest BCUT2D eigenvalue weighted by atomic mass is 79.9. The van der Waals surface area contributed by atoms with Gasteiger partial charge in [0.25, 0.3) is 0 Å². The van der Waals surface area contributed by atoms with Crippen molar-refractivity contribution in [3.8, 4) is 0 Å². The molecule has 1 aromatic heterocycles. The maximum absolute atomic E-state index is 12.3. The van der Waals surface area contributed by atoms with Crippen molar-refractivity contribution < 1.29 is 8.42 Å². The van der Waals surface area contributed by atoms with Gasteiger partial charge in [0.2, 0.25) is 10.0 Å². The fourth-order valence-electron chi connectivity index (χ4n) is 1.97. The number of hydrogen-bond acceptors (Lipinski definition) is 5. The smallest absolute Gasteiger partial charge is 0.242 e. The summed E-state index contributed by atoms with van der Waals surface area (Å²) in [4.78, 5) is 3.60. The second kappa shape index (κ2) is 9.22. The van der Waals surface area contributed by atoms with Gasteiger partial charge < -0.3 is 10.2 Å². The van der Waals surface area contributed by atoms with Gasteiger partial charge in [0, 0.05) is 18.0 Å². The van der Waals surface area contributed by atoms with E-state index < -0.39 is 10.0 Å². The molecule has 122 valence electrons. The molecule has 1 rings (SSSR count). The molecule has 0 saturated heterocycles. The number of halogens is 1. The quantitative estimate of drug-likeness (QED) is 0.594. The van der Waals surface area contributed by atoms with Crippen molar-refractivity contribution in [3.63, 3.8) is 0 Å². The van der Waals surface area contributed by atoms with Gasteiger partial charge in [-0.3, -0.25) is 0 Å². The summed E-state index contributed by atoms with van der Waals surface area (Å²) in [7, 11) is -1.59. The average Bonchev–Trinajstić information content (AvgIpc) is 2.81. The first-order chi connectivity index (χ1) is 9.94. The molecule has 8 heteroatoms. The van der Waals surface area contributed by atoms with Crippen LogP contribution in [0.4, 0.5) is 0 Å². The van der Waals surface area contributed by atoms with Crippen molar-refractivity contribution in [3.05, 3.63) is 14.7 Å². The Morgan fingerprint density at radius 3 is 2.57 bits per heavy atom. The van der Waals surface area contributed by atoms with Crippen LogP contribution in [0.5, 0.6) is 0 Å². The molecule has 0 unspecified atom stereocenters. The lowest BCUT2D eigenvalue weighted by Gasteiger charge is -2.17. The van der Waals surface area contributed by atoms with E-state index in [9.17, 15) is 8.42 Å². The molecule has 0 aliphatic rings. The normalized spacial score (nSPS) is 12.2. The summed E-state index contributed by atoms with van der Waals surface area (Å²) >= 11 is 4.78. The number of sulfonamides is 1. The molecule has 0 amide bonds. The number of rotatable bonds is 10. The Kier molecular flexibility index (Phi) is 8.36. The van der Waals surface area contributed by atoms with E-state index in [1.54, 1.807) is 6.07 Å². The molecule has 0 aliphatic carbocycles. The van der Waals surface area contributed by atoms with Crippen molar-refractivity contribution >= 4 is 37.3 Å². The molecule has 0 spiro atoms. The van der Waals surface area contributed by atoms with Crippen molar-refractivity contribution in [1.29, 1.82) is 0 Å². The predicted octanol–water partition coefficient (Wildman–Crippen LogP) is 2.24. The Balaban J connectivity index is 2.57. The van der Waals surface area contributed by atoms with E-state index in [1.807, 2.05) is 7.05 Å². The van der Waals surface area contributed by atoms with Gasteiger partial charge in [-0.15, -0.1) is 11.3 Å². The third kappa shape index (κ3) is 5.96. The molecule has 2 N–H and O–H groups in total. The Hall–Kier alpha value is 0.01000. The molecule has 0 fully saturated rings. The SMILES string of the molecule is CCN(CC)CCCNS(=O)(=O)c1cc(CNC)sc1Br. The zero-order chi connectivity index (χ0) is 15.9. The number of hydrogen-bond donors (Lipinski definition) is 2. The van der Waals surface area contributed by atoms with Crippen LogP contribution in [-0.4, -0.2) is 46.5 Å². The van der Waals surface area contributed by atoms with Gasteiger partial charge in [-0.1, -0.05) is 13.8 Å². The second-order valence-electron chi connectivity index (χ2n) is 4.66. The maximum Gasteiger partial charge on any atom is 0.242 e. The van der Waals surface area contributed by atoms with Crippen LogP contribution in [-0.2, 0) is 16.6 Å². The van der Waals surface area contributed by atoms with Crippen LogP contribution >= 0.6 is 27.3 Å². The molecule has 1 heterocycles. The zero-order valence-electron chi connectivity index (χ0n) is 12.8.